The number of carbonyl (C=O) groups is 1. The van der Waals surface area contributed by atoms with Crippen molar-refractivity contribution >= 4 is 21.8 Å². The molecule has 0 aromatic heterocycles. The molecule has 2 N–H and O–H groups in total. The first-order chi connectivity index (χ1) is 8.24. The minimum atomic E-state index is -0.242. The van der Waals surface area contributed by atoms with Gasteiger partial charge in [0.1, 0.15) is 5.75 Å². The van der Waals surface area contributed by atoms with Crippen molar-refractivity contribution in [3.8, 4) is 5.75 Å². The number of benzene rings is 1. The average molecular weight is 314 g/mol. The van der Waals surface area contributed by atoms with Gasteiger partial charge >= 0.3 is 0 Å². The maximum absolute atomic E-state index is 12.0. The number of hydrogen-bond donors (Lipinski definition) is 2. The molecule has 100 valence electrons. The Morgan fingerprint density at radius 2 is 2.06 bits per heavy atom. The van der Waals surface area contributed by atoms with E-state index in [4.69, 9.17) is 0 Å². The van der Waals surface area contributed by atoms with E-state index >= 15 is 0 Å². The second kappa shape index (κ2) is 5.74. The molecule has 4 heteroatoms. The van der Waals surface area contributed by atoms with Crippen LogP contribution in [0.2, 0.25) is 0 Å². The normalized spacial score (nSPS) is 11.7. The molecule has 0 aliphatic rings. The number of halogens is 1. The molecule has 0 heterocycles. The van der Waals surface area contributed by atoms with Crippen LogP contribution in [0.25, 0.3) is 0 Å². The van der Waals surface area contributed by atoms with E-state index in [1.54, 1.807) is 12.1 Å². The van der Waals surface area contributed by atoms with Crippen molar-refractivity contribution in [2.45, 2.75) is 27.7 Å². The molecule has 0 saturated carbocycles. The summed E-state index contributed by atoms with van der Waals surface area (Å²) in [6, 6.07) is 4.86. The summed E-state index contributed by atoms with van der Waals surface area (Å²) in [7, 11) is 0. The minimum Gasteiger partial charge on any atom is -0.507 e. The molecule has 0 bridgehead atoms. The topological polar surface area (TPSA) is 49.3 Å². The average Bonchev–Trinajstić information content (AvgIpc) is 2.25. The molecule has 0 saturated heterocycles. The van der Waals surface area contributed by atoms with Gasteiger partial charge in [0.05, 0.1) is 5.56 Å². The fourth-order valence-corrected chi connectivity index (χ4v) is 1.65. The lowest BCUT2D eigenvalue weighted by atomic mass is 9.81. The van der Waals surface area contributed by atoms with Gasteiger partial charge in [-0.2, -0.15) is 0 Å². The third-order valence-electron chi connectivity index (χ3n) is 3.47. The Morgan fingerprint density at radius 3 is 2.56 bits per heavy atom. The van der Waals surface area contributed by atoms with Crippen molar-refractivity contribution in [2.75, 3.05) is 6.54 Å². The van der Waals surface area contributed by atoms with Gasteiger partial charge in [0.25, 0.3) is 5.91 Å². The molecule has 0 atom stereocenters. The molecule has 1 rings (SSSR count). The van der Waals surface area contributed by atoms with Gasteiger partial charge in [-0.15, -0.1) is 0 Å². The lowest BCUT2D eigenvalue weighted by molar-refractivity contribution is 0.0922. The molecular weight excluding hydrogens is 294 g/mol. The SMILES string of the molecule is CC(C)C(C)(C)CNC(=O)c1ccc(Br)cc1O. The number of phenolic OH excluding ortho intramolecular Hbond substituents is 1. The summed E-state index contributed by atoms with van der Waals surface area (Å²) >= 11 is 3.24. The zero-order valence-corrected chi connectivity index (χ0v) is 12.8. The lowest BCUT2D eigenvalue weighted by Crippen LogP contribution is -2.36. The number of aromatic hydroxyl groups is 1. The van der Waals surface area contributed by atoms with E-state index in [-0.39, 0.29) is 17.1 Å². The quantitative estimate of drug-likeness (QED) is 0.892. The van der Waals surface area contributed by atoms with Crippen molar-refractivity contribution in [1.29, 1.82) is 0 Å². The van der Waals surface area contributed by atoms with E-state index in [9.17, 15) is 9.90 Å². The number of carbonyl (C=O) groups excluding carboxylic acids is 1. The highest BCUT2D eigenvalue weighted by Crippen LogP contribution is 2.26. The molecule has 1 amide bonds. The molecule has 0 unspecified atom stereocenters. The van der Waals surface area contributed by atoms with Gasteiger partial charge in [-0.25, -0.2) is 0 Å². The largest absolute Gasteiger partial charge is 0.507 e. The van der Waals surface area contributed by atoms with Crippen LogP contribution in [0, 0.1) is 11.3 Å². The molecule has 0 aliphatic carbocycles. The van der Waals surface area contributed by atoms with E-state index in [2.05, 4.69) is 48.9 Å². The molecule has 0 fully saturated rings. The summed E-state index contributed by atoms with van der Waals surface area (Å²) in [5.41, 5.74) is 0.332. The van der Waals surface area contributed by atoms with Crippen LogP contribution in [-0.4, -0.2) is 17.6 Å². The molecule has 18 heavy (non-hydrogen) atoms. The first-order valence-electron chi connectivity index (χ1n) is 6.01. The Labute approximate surface area is 117 Å². The zero-order chi connectivity index (χ0) is 13.9. The minimum absolute atomic E-state index is 0.00997. The van der Waals surface area contributed by atoms with Crippen LogP contribution >= 0.6 is 15.9 Å². The van der Waals surface area contributed by atoms with Gasteiger partial charge in [-0.3, -0.25) is 4.79 Å². The standard InChI is InChI=1S/C14H20BrNO2/c1-9(2)14(3,4)8-16-13(18)11-6-5-10(15)7-12(11)17/h5-7,9,17H,8H2,1-4H3,(H,16,18). The molecule has 3 nitrogen and oxygen atoms in total. The first kappa shape index (κ1) is 15.0. The van der Waals surface area contributed by atoms with Gasteiger partial charge in [0.15, 0.2) is 0 Å². The smallest absolute Gasteiger partial charge is 0.255 e. The fourth-order valence-electron chi connectivity index (χ4n) is 1.30. The monoisotopic (exact) mass is 313 g/mol. The summed E-state index contributed by atoms with van der Waals surface area (Å²) in [6.45, 7) is 9.06. The van der Waals surface area contributed by atoms with Crippen LogP contribution in [0.3, 0.4) is 0 Å². The maximum Gasteiger partial charge on any atom is 0.255 e. The number of nitrogens with one attached hydrogen (secondary N) is 1. The number of rotatable bonds is 4. The van der Waals surface area contributed by atoms with E-state index in [1.807, 2.05) is 0 Å². The van der Waals surface area contributed by atoms with Gasteiger partial charge < -0.3 is 10.4 Å². The van der Waals surface area contributed by atoms with Crippen LogP contribution < -0.4 is 5.32 Å². The van der Waals surface area contributed by atoms with Crippen LogP contribution in [0.15, 0.2) is 22.7 Å². The predicted molar refractivity (Wildman–Crippen MR) is 76.8 cm³/mol. The summed E-state index contributed by atoms with van der Waals surface area (Å²) in [5.74, 6) is 0.217. The molecule has 0 aliphatic heterocycles. The Hall–Kier alpha value is -1.03. The van der Waals surface area contributed by atoms with Crippen LogP contribution in [0.4, 0.5) is 0 Å². The van der Waals surface area contributed by atoms with E-state index in [0.717, 1.165) is 4.47 Å². The Morgan fingerprint density at radius 1 is 1.44 bits per heavy atom. The van der Waals surface area contributed by atoms with E-state index in [1.165, 1.54) is 6.07 Å². The van der Waals surface area contributed by atoms with Crippen molar-refractivity contribution < 1.29 is 9.90 Å². The highest BCUT2D eigenvalue weighted by atomic mass is 79.9. The van der Waals surface area contributed by atoms with Crippen molar-refractivity contribution in [3.05, 3.63) is 28.2 Å². The number of phenols is 1. The van der Waals surface area contributed by atoms with E-state index < -0.39 is 0 Å². The molecule has 0 radical (unpaired) electrons. The highest BCUT2D eigenvalue weighted by molar-refractivity contribution is 9.10. The Bertz CT molecular complexity index is 441. The van der Waals surface area contributed by atoms with Gasteiger partial charge in [0.2, 0.25) is 0 Å². The van der Waals surface area contributed by atoms with Gasteiger partial charge in [-0.05, 0) is 29.5 Å². The summed E-state index contributed by atoms with van der Waals surface area (Å²) < 4.78 is 0.749. The summed E-state index contributed by atoms with van der Waals surface area (Å²) in [6.07, 6.45) is 0. The molecule has 1 aromatic rings. The fraction of sp³-hybridized carbons (Fsp3) is 0.500. The van der Waals surface area contributed by atoms with Crippen LogP contribution in [0.1, 0.15) is 38.1 Å². The second-order valence-corrected chi connectivity index (χ2v) is 6.40. The third-order valence-corrected chi connectivity index (χ3v) is 3.97. The molecule has 0 spiro atoms. The number of amides is 1. The van der Waals surface area contributed by atoms with Gasteiger partial charge in [0, 0.05) is 11.0 Å². The first-order valence-corrected chi connectivity index (χ1v) is 6.80. The number of hydrogen-bond acceptors (Lipinski definition) is 2. The summed E-state index contributed by atoms with van der Waals surface area (Å²) in [4.78, 5) is 12.0. The van der Waals surface area contributed by atoms with E-state index in [0.29, 0.717) is 18.0 Å². The van der Waals surface area contributed by atoms with Crippen molar-refractivity contribution in [2.24, 2.45) is 11.3 Å². The second-order valence-electron chi connectivity index (χ2n) is 5.49. The lowest BCUT2D eigenvalue weighted by Gasteiger charge is -2.29. The summed E-state index contributed by atoms with van der Waals surface area (Å²) in [5, 5.41) is 12.6. The molecule has 1 aromatic carbocycles. The van der Waals surface area contributed by atoms with Crippen LogP contribution in [-0.2, 0) is 0 Å². The van der Waals surface area contributed by atoms with Crippen molar-refractivity contribution in [1.82, 2.24) is 5.32 Å². The van der Waals surface area contributed by atoms with Crippen LogP contribution in [0.5, 0.6) is 5.75 Å². The van der Waals surface area contributed by atoms with Crippen molar-refractivity contribution in [3.63, 3.8) is 0 Å². The maximum atomic E-state index is 12.0. The highest BCUT2D eigenvalue weighted by Gasteiger charge is 2.23. The third kappa shape index (κ3) is 3.73. The zero-order valence-electron chi connectivity index (χ0n) is 11.2. The molecular formula is C14H20BrNO2. The van der Waals surface area contributed by atoms with Gasteiger partial charge in [-0.1, -0.05) is 43.6 Å². The Kier molecular flexibility index (Phi) is 4.79. The Balaban J connectivity index is 2.72. The predicted octanol–water partition coefficient (Wildman–Crippen LogP) is 3.57.